The molecule has 0 spiro atoms. The van der Waals surface area contributed by atoms with Crippen LogP contribution >= 0.6 is 0 Å². The highest BCUT2D eigenvalue weighted by molar-refractivity contribution is 6.00. The number of carbonyl (C=O) groups excluding carboxylic acids is 2. The molecular formula is C17H20N2O3. The van der Waals surface area contributed by atoms with Gasteiger partial charge in [0.05, 0.1) is 6.26 Å². The third-order valence-corrected chi connectivity index (χ3v) is 3.30. The lowest BCUT2D eigenvalue weighted by atomic mass is 10.0. The predicted octanol–water partition coefficient (Wildman–Crippen LogP) is 2.98. The Labute approximate surface area is 129 Å². The molecule has 0 radical (unpaired) electrons. The minimum absolute atomic E-state index is 0.0515. The number of aryl methyl sites for hydroxylation is 1. The fraction of sp³-hybridized carbons (Fsp3) is 0.294. The fourth-order valence-corrected chi connectivity index (χ4v) is 2.01. The van der Waals surface area contributed by atoms with Gasteiger partial charge in [0.15, 0.2) is 5.76 Å². The van der Waals surface area contributed by atoms with E-state index in [-0.39, 0.29) is 17.6 Å². The van der Waals surface area contributed by atoms with Gasteiger partial charge in [-0.3, -0.25) is 9.59 Å². The number of carbonyl (C=O) groups is 2. The van der Waals surface area contributed by atoms with E-state index in [4.69, 9.17) is 4.42 Å². The van der Waals surface area contributed by atoms with Crippen LogP contribution < -0.4 is 10.6 Å². The maximum atomic E-state index is 12.4. The summed E-state index contributed by atoms with van der Waals surface area (Å²) < 4.78 is 5.04. The van der Waals surface area contributed by atoms with E-state index in [2.05, 4.69) is 10.6 Å². The standard InChI is InChI=1S/C17H20N2O3/c1-11(2)15(19-16(20)14-5-4-10-22-14)17(21)18-13-8-6-12(3)7-9-13/h4-11,15H,1-3H3,(H,18,21)(H,19,20). The molecule has 0 saturated carbocycles. The first-order valence-corrected chi connectivity index (χ1v) is 7.19. The Kier molecular flexibility index (Phi) is 4.99. The van der Waals surface area contributed by atoms with Gasteiger partial charge in [-0.2, -0.15) is 0 Å². The molecule has 0 saturated heterocycles. The Bertz CT molecular complexity index is 630. The number of hydrogen-bond acceptors (Lipinski definition) is 3. The zero-order valence-electron chi connectivity index (χ0n) is 12.9. The zero-order chi connectivity index (χ0) is 16.1. The number of benzene rings is 1. The Balaban J connectivity index is 2.05. The maximum absolute atomic E-state index is 12.4. The Morgan fingerprint density at radius 3 is 2.32 bits per heavy atom. The molecule has 1 unspecified atom stereocenters. The van der Waals surface area contributed by atoms with Crippen molar-refractivity contribution in [3.63, 3.8) is 0 Å². The second kappa shape index (κ2) is 6.93. The second-order valence-corrected chi connectivity index (χ2v) is 5.53. The highest BCUT2D eigenvalue weighted by atomic mass is 16.3. The van der Waals surface area contributed by atoms with E-state index in [1.807, 2.05) is 45.0 Å². The van der Waals surface area contributed by atoms with Crippen LogP contribution in [0.2, 0.25) is 0 Å². The molecule has 1 aromatic heterocycles. The normalized spacial score (nSPS) is 12.0. The molecule has 1 atom stereocenters. The van der Waals surface area contributed by atoms with Gasteiger partial charge in [0.25, 0.3) is 5.91 Å². The molecule has 0 aliphatic rings. The molecule has 2 rings (SSSR count). The SMILES string of the molecule is Cc1ccc(NC(=O)C(NC(=O)c2ccco2)C(C)C)cc1. The number of nitrogens with one attached hydrogen (secondary N) is 2. The minimum atomic E-state index is -0.640. The number of anilines is 1. The molecule has 22 heavy (non-hydrogen) atoms. The summed E-state index contributed by atoms with van der Waals surface area (Å²) in [6.45, 7) is 5.73. The minimum Gasteiger partial charge on any atom is -0.459 e. The van der Waals surface area contributed by atoms with E-state index in [1.165, 1.54) is 6.26 Å². The molecule has 0 bridgehead atoms. The number of amides is 2. The molecule has 116 valence electrons. The summed E-state index contributed by atoms with van der Waals surface area (Å²) in [5.74, 6) is -0.514. The van der Waals surface area contributed by atoms with E-state index in [9.17, 15) is 9.59 Å². The molecule has 1 heterocycles. The molecule has 2 amide bonds. The summed E-state index contributed by atoms with van der Waals surface area (Å²) in [6, 6.07) is 10.1. The predicted molar refractivity (Wildman–Crippen MR) is 84.6 cm³/mol. The monoisotopic (exact) mass is 300 g/mol. The van der Waals surface area contributed by atoms with Crippen LogP contribution in [-0.2, 0) is 4.79 Å². The van der Waals surface area contributed by atoms with Crippen LogP contribution in [-0.4, -0.2) is 17.9 Å². The first-order valence-electron chi connectivity index (χ1n) is 7.19. The first-order chi connectivity index (χ1) is 10.5. The molecular weight excluding hydrogens is 280 g/mol. The van der Waals surface area contributed by atoms with Gasteiger partial charge in [0.2, 0.25) is 5.91 Å². The highest BCUT2D eigenvalue weighted by Gasteiger charge is 2.25. The summed E-state index contributed by atoms with van der Waals surface area (Å²) in [4.78, 5) is 24.4. The van der Waals surface area contributed by atoms with E-state index in [0.717, 1.165) is 5.56 Å². The van der Waals surface area contributed by atoms with Crippen molar-refractivity contribution >= 4 is 17.5 Å². The van der Waals surface area contributed by atoms with Crippen molar-refractivity contribution in [1.29, 1.82) is 0 Å². The van der Waals surface area contributed by atoms with Crippen molar-refractivity contribution in [1.82, 2.24) is 5.32 Å². The summed E-state index contributed by atoms with van der Waals surface area (Å²) in [7, 11) is 0. The summed E-state index contributed by atoms with van der Waals surface area (Å²) >= 11 is 0. The van der Waals surface area contributed by atoms with Crippen LogP contribution in [0.5, 0.6) is 0 Å². The fourth-order valence-electron chi connectivity index (χ4n) is 2.01. The Morgan fingerprint density at radius 1 is 1.09 bits per heavy atom. The lowest BCUT2D eigenvalue weighted by molar-refractivity contribution is -0.118. The topological polar surface area (TPSA) is 71.3 Å². The Morgan fingerprint density at radius 2 is 1.77 bits per heavy atom. The van der Waals surface area contributed by atoms with Crippen LogP contribution in [0.15, 0.2) is 47.1 Å². The van der Waals surface area contributed by atoms with Crippen molar-refractivity contribution in [2.75, 3.05) is 5.32 Å². The van der Waals surface area contributed by atoms with Gasteiger partial charge in [-0.05, 0) is 37.1 Å². The molecule has 2 aromatic rings. The maximum Gasteiger partial charge on any atom is 0.287 e. The number of furan rings is 1. The summed E-state index contributed by atoms with van der Waals surface area (Å²) in [6.07, 6.45) is 1.42. The lowest BCUT2D eigenvalue weighted by Crippen LogP contribution is -2.47. The van der Waals surface area contributed by atoms with Crippen LogP contribution in [0.3, 0.4) is 0 Å². The molecule has 2 N–H and O–H groups in total. The summed E-state index contributed by atoms with van der Waals surface area (Å²) in [5.41, 5.74) is 1.82. The molecule has 5 nitrogen and oxygen atoms in total. The van der Waals surface area contributed by atoms with Crippen molar-refractivity contribution in [2.24, 2.45) is 5.92 Å². The molecule has 5 heteroatoms. The summed E-state index contributed by atoms with van der Waals surface area (Å²) in [5, 5.41) is 5.52. The van der Waals surface area contributed by atoms with E-state index in [0.29, 0.717) is 5.69 Å². The van der Waals surface area contributed by atoms with E-state index in [1.54, 1.807) is 12.1 Å². The van der Waals surface area contributed by atoms with Gasteiger partial charge in [-0.1, -0.05) is 31.5 Å². The van der Waals surface area contributed by atoms with Crippen molar-refractivity contribution in [2.45, 2.75) is 26.8 Å². The molecule has 0 aliphatic carbocycles. The first kappa shape index (κ1) is 15.8. The lowest BCUT2D eigenvalue weighted by Gasteiger charge is -2.21. The molecule has 1 aromatic carbocycles. The van der Waals surface area contributed by atoms with E-state index < -0.39 is 11.9 Å². The average molecular weight is 300 g/mol. The van der Waals surface area contributed by atoms with Gasteiger partial charge in [-0.25, -0.2) is 0 Å². The van der Waals surface area contributed by atoms with Crippen molar-refractivity contribution < 1.29 is 14.0 Å². The zero-order valence-corrected chi connectivity index (χ0v) is 12.9. The van der Waals surface area contributed by atoms with Crippen molar-refractivity contribution in [3.8, 4) is 0 Å². The van der Waals surface area contributed by atoms with Gasteiger partial charge >= 0.3 is 0 Å². The number of hydrogen-bond donors (Lipinski definition) is 2. The molecule has 0 fully saturated rings. The number of rotatable bonds is 5. The third-order valence-electron chi connectivity index (χ3n) is 3.30. The van der Waals surface area contributed by atoms with Gasteiger partial charge < -0.3 is 15.1 Å². The van der Waals surface area contributed by atoms with Crippen LogP contribution in [0, 0.1) is 12.8 Å². The second-order valence-electron chi connectivity index (χ2n) is 5.53. The highest BCUT2D eigenvalue weighted by Crippen LogP contribution is 2.12. The van der Waals surface area contributed by atoms with Crippen LogP contribution in [0.25, 0.3) is 0 Å². The van der Waals surface area contributed by atoms with Crippen molar-refractivity contribution in [3.05, 3.63) is 54.0 Å². The average Bonchev–Trinajstić information content (AvgIpc) is 3.00. The van der Waals surface area contributed by atoms with Crippen LogP contribution in [0.4, 0.5) is 5.69 Å². The van der Waals surface area contributed by atoms with Gasteiger partial charge in [0.1, 0.15) is 6.04 Å². The third kappa shape index (κ3) is 3.97. The van der Waals surface area contributed by atoms with Gasteiger partial charge in [-0.15, -0.1) is 0 Å². The smallest absolute Gasteiger partial charge is 0.287 e. The molecule has 0 aliphatic heterocycles. The quantitative estimate of drug-likeness (QED) is 0.891. The Hall–Kier alpha value is -2.56. The van der Waals surface area contributed by atoms with Gasteiger partial charge in [0, 0.05) is 5.69 Å². The largest absolute Gasteiger partial charge is 0.459 e. The van der Waals surface area contributed by atoms with Crippen LogP contribution in [0.1, 0.15) is 30.0 Å². The van der Waals surface area contributed by atoms with E-state index >= 15 is 0 Å².